The topological polar surface area (TPSA) is 9.23 Å². The largest absolute Gasteiger partial charge is 0.418 e. The van der Waals surface area contributed by atoms with Gasteiger partial charge in [0.1, 0.15) is 5.82 Å². The summed E-state index contributed by atoms with van der Waals surface area (Å²) in [6.45, 7) is 9.55. The third-order valence-electron chi connectivity index (χ3n) is 2.57. The van der Waals surface area contributed by atoms with Crippen LogP contribution in [0.15, 0.2) is 30.3 Å². The highest BCUT2D eigenvalue weighted by molar-refractivity contribution is 6.69. The molecule has 0 fully saturated rings. The van der Waals surface area contributed by atoms with Gasteiger partial charge >= 0.3 is 0 Å². The molecule has 0 N–H and O–H groups in total. The average molecular weight is 266 g/mol. The van der Waals surface area contributed by atoms with Gasteiger partial charge in [0.2, 0.25) is 0 Å². The second-order valence-electron chi connectivity index (χ2n) is 5.64. The van der Waals surface area contributed by atoms with E-state index in [-0.39, 0.29) is 5.82 Å². The maximum Gasteiger partial charge on any atom is 0.183 e. The summed E-state index contributed by atoms with van der Waals surface area (Å²) in [6, 6.07) is 6.64. The zero-order chi connectivity index (χ0) is 13.6. The molecule has 0 aliphatic rings. The van der Waals surface area contributed by atoms with Gasteiger partial charge in [-0.2, -0.15) is 0 Å². The molecule has 0 radical (unpaired) electrons. The molecule has 0 aromatic heterocycles. The monoisotopic (exact) mass is 266 g/mol. The first-order chi connectivity index (χ1) is 8.37. The molecule has 18 heavy (non-hydrogen) atoms. The minimum absolute atomic E-state index is 0.188. The summed E-state index contributed by atoms with van der Waals surface area (Å²) in [5.41, 5.74) is 0.910. The van der Waals surface area contributed by atoms with Crippen molar-refractivity contribution in [3.05, 3.63) is 41.7 Å². The van der Waals surface area contributed by atoms with Gasteiger partial charge < -0.3 is 4.43 Å². The van der Waals surface area contributed by atoms with E-state index in [0.29, 0.717) is 5.92 Å². The number of hydrogen-bond acceptors (Lipinski definition) is 1. The highest BCUT2D eigenvalue weighted by Gasteiger charge is 2.13. The fourth-order valence-electron chi connectivity index (χ4n) is 1.53. The van der Waals surface area contributed by atoms with E-state index in [1.54, 1.807) is 12.1 Å². The Kier molecular flexibility index (Phi) is 5.76. The number of halogens is 1. The van der Waals surface area contributed by atoms with Crippen LogP contribution in [-0.4, -0.2) is 14.9 Å². The minimum Gasteiger partial charge on any atom is -0.418 e. The second-order valence-corrected chi connectivity index (χ2v) is 10.2. The van der Waals surface area contributed by atoms with Crippen LogP contribution in [0, 0.1) is 11.7 Å². The third-order valence-corrected chi connectivity index (χ3v) is 3.64. The maximum atomic E-state index is 13.0. The van der Waals surface area contributed by atoms with Crippen LogP contribution >= 0.6 is 0 Å². The highest BCUT2D eigenvalue weighted by Crippen LogP contribution is 2.12. The van der Waals surface area contributed by atoms with Crippen LogP contribution < -0.4 is 0 Å². The summed E-state index contributed by atoms with van der Waals surface area (Å²) in [4.78, 5) is 0. The lowest BCUT2D eigenvalue weighted by Gasteiger charge is -2.18. The van der Waals surface area contributed by atoms with Crippen molar-refractivity contribution in [1.82, 2.24) is 0 Å². The van der Waals surface area contributed by atoms with Crippen LogP contribution in [0.25, 0.3) is 6.08 Å². The average Bonchev–Trinajstić information content (AvgIpc) is 2.25. The number of allylic oxidation sites excluding steroid dienone is 1. The van der Waals surface area contributed by atoms with Crippen LogP contribution in [-0.2, 0) is 4.43 Å². The molecule has 1 aromatic carbocycles. The highest BCUT2D eigenvalue weighted by atomic mass is 28.4. The van der Waals surface area contributed by atoms with Gasteiger partial charge in [0.25, 0.3) is 0 Å². The van der Waals surface area contributed by atoms with Crippen LogP contribution in [0.3, 0.4) is 0 Å². The van der Waals surface area contributed by atoms with E-state index < -0.39 is 8.32 Å². The summed E-state index contributed by atoms with van der Waals surface area (Å²) < 4.78 is 18.8. The molecule has 0 aliphatic carbocycles. The Morgan fingerprint density at radius 3 is 2.67 bits per heavy atom. The van der Waals surface area contributed by atoms with Gasteiger partial charge in [-0.3, -0.25) is 0 Å². The first kappa shape index (κ1) is 15.1. The predicted octanol–water partition coefficient (Wildman–Crippen LogP) is 4.72. The molecule has 0 spiro atoms. The molecule has 1 atom stereocenters. The molecule has 0 bridgehead atoms. The molecule has 1 nitrogen and oxygen atoms in total. The fraction of sp³-hybridized carbons (Fsp3) is 0.467. The van der Waals surface area contributed by atoms with Gasteiger partial charge in [0.15, 0.2) is 8.32 Å². The molecular formula is C15H23FOSi. The van der Waals surface area contributed by atoms with E-state index in [0.717, 1.165) is 18.6 Å². The molecule has 0 aliphatic heterocycles. The van der Waals surface area contributed by atoms with E-state index >= 15 is 0 Å². The molecule has 0 unspecified atom stereocenters. The van der Waals surface area contributed by atoms with Gasteiger partial charge in [-0.05, 0) is 49.7 Å². The molecule has 0 saturated heterocycles. The zero-order valence-electron chi connectivity index (χ0n) is 11.7. The third kappa shape index (κ3) is 6.72. The molecule has 3 heteroatoms. The Labute approximate surface area is 111 Å². The number of rotatable bonds is 6. The smallest absolute Gasteiger partial charge is 0.183 e. The normalized spacial score (nSPS) is 14.1. The van der Waals surface area contributed by atoms with Crippen molar-refractivity contribution in [3.63, 3.8) is 0 Å². The van der Waals surface area contributed by atoms with E-state index in [2.05, 4.69) is 32.6 Å². The van der Waals surface area contributed by atoms with Crippen molar-refractivity contribution in [1.29, 1.82) is 0 Å². The summed E-state index contributed by atoms with van der Waals surface area (Å²) in [7, 11) is -1.39. The predicted molar refractivity (Wildman–Crippen MR) is 78.5 cm³/mol. The van der Waals surface area contributed by atoms with E-state index in [1.807, 2.05) is 12.1 Å². The van der Waals surface area contributed by atoms with Gasteiger partial charge in [0, 0.05) is 6.61 Å². The lowest BCUT2D eigenvalue weighted by atomic mass is 10.1. The maximum absolute atomic E-state index is 13.0. The Hall–Kier alpha value is -0.933. The first-order valence-corrected chi connectivity index (χ1v) is 9.85. The van der Waals surface area contributed by atoms with Crippen molar-refractivity contribution in [2.24, 2.45) is 5.92 Å². The Balaban J connectivity index is 2.38. The van der Waals surface area contributed by atoms with Gasteiger partial charge in [0.05, 0.1) is 0 Å². The lowest BCUT2D eigenvalue weighted by Crippen LogP contribution is -2.26. The summed E-state index contributed by atoms with van der Waals surface area (Å²) in [6.07, 6.45) is 5.10. The van der Waals surface area contributed by atoms with Crippen LogP contribution in [0.4, 0.5) is 4.39 Å². The Bertz CT molecular complexity index is 396. The van der Waals surface area contributed by atoms with Crippen molar-refractivity contribution in [3.8, 4) is 0 Å². The van der Waals surface area contributed by atoms with Crippen LogP contribution in [0.5, 0.6) is 0 Å². The van der Waals surface area contributed by atoms with Crippen LogP contribution in [0.1, 0.15) is 18.9 Å². The number of benzene rings is 1. The molecule has 0 amide bonds. The van der Waals surface area contributed by atoms with Crippen molar-refractivity contribution < 1.29 is 8.82 Å². The first-order valence-electron chi connectivity index (χ1n) is 6.44. The van der Waals surface area contributed by atoms with E-state index in [9.17, 15) is 4.39 Å². The second kappa shape index (κ2) is 6.85. The number of hydrogen-bond donors (Lipinski definition) is 0. The van der Waals surface area contributed by atoms with Crippen molar-refractivity contribution in [2.45, 2.75) is 33.0 Å². The summed E-state index contributed by atoms with van der Waals surface area (Å²) in [5.74, 6) is 0.261. The van der Waals surface area contributed by atoms with E-state index in [1.165, 1.54) is 6.07 Å². The molecular weight excluding hydrogens is 243 g/mol. The van der Waals surface area contributed by atoms with Crippen LogP contribution in [0.2, 0.25) is 19.6 Å². The molecule has 100 valence electrons. The summed E-state index contributed by atoms with van der Waals surface area (Å²) >= 11 is 0. The van der Waals surface area contributed by atoms with Crippen molar-refractivity contribution in [2.75, 3.05) is 6.61 Å². The Morgan fingerprint density at radius 1 is 1.33 bits per heavy atom. The fourth-order valence-corrected chi connectivity index (χ4v) is 2.26. The molecule has 1 aromatic rings. The molecule has 1 rings (SSSR count). The zero-order valence-corrected chi connectivity index (χ0v) is 12.7. The van der Waals surface area contributed by atoms with Gasteiger partial charge in [-0.1, -0.05) is 31.2 Å². The van der Waals surface area contributed by atoms with Gasteiger partial charge in [-0.15, -0.1) is 0 Å². The standard InChI is InChI=1S/C15H23FOSi/c1-13(10-11-17-18(2,3)4)8-9-14-6-5-7-15(16)12-14/h5-9,12-13H,10-11H2,1-4H3/t13-/m1/s1. The summed E-state index contributed by atoms with van der Waals surface area (Å²) in [5, 5.41) is 0. The lowest BCUT2D eigenvalue weighted by molar-refractivity contribution is 0.290. The SMILES string of the molecule is C[C@H](C=Cc1cccc(F)c1)CCO[Si](C)(C)C. The van der Waals surface area contributed by atoms with Gasteiger partial charge in [-0.25, -0.2) is 4.39 Å². The van der Waals surface area contributed by atoms with Crippen molar-refractivity contribution >= 4 is 14.4 Å². The minimum atomic E-state index is -1.39. The quantitative estimate of drug-likeness (QED) is 0.677. The van der Waals surface area contributed by atoms with E-state index in [4.69, 9.17) is 4.43 Å². The molecule has 0 saturated carbocycles. The Morgan fingerprint density at radius 2 is 2.06 bits per heavy atom. The molecule has 0 heterocycles.